The fourth-order valence-corrected chi connectivity index (χ4v) is 3.25. The SMILES string of the molecule is CC(C)Oc1ccnc2[nH]cc(C(c3ccccc3)C(C(=O)O)C(=O)O)c12. The van der Waals surface area contributed by atoms with Crippen molar-refractivity contribution in [2.75, 3.05) is 0 Å². The first-order valence-corrected chi connectivity index (χ1v) is 8.53. The number of carboxylic acids is 2. The summed E-state index contributed by atoms with van der Waals surface area (Å²) >= 11 is 0. The summed E-state index contributed by atoms with van der Waals surface area (Å²) < 4.78 is 5.86. The minimum Gasteiger partial charge on any atom is -0.490 e. The third-order valence-electron chi connectivity index (χ3n) is 4.29. The summed E-state index contributed by atoms with van der Waals surface area (Å²) in [6.45, 7) is 3.76. The topological polar surface area (TPSA) is 113 Å². The number of hydrogen-bond donors (Lipinski definition) is 3. The maximum absolute atomic E-state index is 11.8. The maximum atomic E-state index is 11.8. The largest absolute Gasteiger partial charge is 0.490 e. The van der Waals surface area contributed by atoms with E-state index in [-0.39, 0.29) is 6.10 Å². The van der Waals surface area contributed by atoms with Crippen molar-refractivity contribution < 1.29 is 24.5 Å². The number of nitrogens with one attached hydrogen (secondary N) is 1. The first kappa shape index (κ1) is 18.4. The van der Waals surface area contributed by atoms with Crippen LogP contribution in [-0.2, 0) is 9.59 Å². The Hall–Kier alpha value is -3.35. The molecular formula is C20H20N2O5. The predicted octanol–water partition coefficient (Wildman–Crippen LogP) is 3.27. The molecule has 3 aromatic rings. The quantitative estimate of drug-likeness (QED) is 0.552. The molecule has 7 heteroatoms. The molecule has 0 fully saturated rings. The van der Waals surface area contributed by atoms with Gasteiger partial charge < -0.3 is 19.9 Å². The number of fused-ring (bicyclic) bond motifs is 1. The second-order valence-electron chi connectivity index (χ2n) is 6.49. The van der Waals surface area contributed by atoms with Gasteiger partial charge in [-0.1, -0.05) is 30.3 Å². The minimum atomic E-state index is -1.65. The van der Waals surface area contributed by atoms with Crippen LogP contribution < -0.4 is 4.74 Å². The molecule has 0 radical (unpaired) electrons. The summed E-state index contributed by atoms with van der Waals surface area (Å²) in [5.41, 5.74) is 1.63. The fraction of sp³-hybridized carbons (Fsp3) is 0.250. The molecule has 0 saturated heterocycles. The van der Waals surface area contributed by atoms with Crippen molar-refractivity contribution in [1.29, 1.82) is 0 Å². The van der Waals surface area contributed by atoms with Gasteiger partial charge in [0.1, 0.15) is 11.4 Å². The molecule has 140 valence electrons. The van der Waals surface area contributed by atoms with Gasteiger partial charge in [0, 0.05) is 18.3 Å². The summed E-state index contributed by atoms with van der Waals surface area (Å²) in [4.78, 5) is 30.9. The number of ether oxygens (including phenoxy) is 1. The van der Waals surface area contributed by atoms with Gasteiger partial charge in [0.15, 0.2) is 5.92 Å². The van der Waals surface area contributed by atoms with Crippen LogP contribution in [0.25, 0.3) is 11.0 Å². The molecule has 2 heterocycles. The monoisotopic (exact) mass is 368 g/mol. The van der Waals surface area contributed by atoms with Gasteiger partial charge in [0.25, 0.3) is 0 Å². The van der Waals surface area contributed by atoms with Gasteiger partial charge in [0.2, 0.25) is 0 Å². The second kappa shape index (κ2) is 7.49. The van der Waals surface area contributed by atoms with Crippen LogP contribution in [0.2, 0.25) is 0 Å². The first-order chi connectivity index (χ1) is 12.9. The molecule has 0 spiro atoms. The van der Waals surface area contributed by atoms with Gasteiger partial charge in [0.05, 0.1) is 11.5 Å². The van der Waals surface area contributed by atoms with E-state index in [1.165, 1.54) is 0 Å². The van der Waals surface area contributed by atoms with Crippen LogP contribution in [0.15, 0.2) is 48.8 Å². The smallest absolute Gasteiger partial charge is 0.318 e. The summed E-state index contributed by atoms with van der Waals surface area (Å²) in [7, 11) is 0. The van der Waals surface area contributed by atoms with E-state index >= 15 is 0 Å². The average Bonchev–Trinajstić information content (AvgIpc) is 3.04. The van der Waals surface area contributed by atoms with Gasteiger partial charge in [-0.25, -0.2) is 4.98 Å². The normalized spacial score (nSPS) is 12.4. The Bertz CT molecular complexity index is 951. The third-order valence-corrected chi connectivity index (χ3v) is 4.29. The molecule has 0 aliphatic heterocycles. The number of hydrogen-bond acceptors (Lipinski definition) is 4. The maximum Gasteiger partial charge on any atom is 0.318 e. The molecule has 3 rings (SSSR count). The molecule has 1 aromatic carbocycles. The first-order valence-electron chi connectivity index (χ1n) is 8.53. The molecule has 0 aliphatic carbocycles. The summed E-state index contributed by atoms with van der Waals surface area (Å²) in [6.07, 6.45) is 3.09. The molecule has 0 amide bonds. The Morgan fingerprint density at radius 3 is 2.33 bits per heavy atom. The van der Waals surface area contributed by atoms with E-state index in [9.17, 15) is 19.8 Å². The predicted molar refractivity (Wildman–Crippen MR) is 98.9 cm³/mol. The van der Waals surface area contributed by atoms with Crippen molar-refractivity contribution >= 4 is 23.0 Å². The van der Waals surface area contributed by atoms with Gasteiger partial charge in [-0.05, 0) is 31.0 Å². The number of H-pyrrole nitrogens is 1. The van der Waals surface area contributed by atoms with Crippen LogP contribution in [0.3, 0.4) is 0 Å². The number of rotatable bonds is 7. The summed E-state index contributed by atoms with van der Waals surface area (Å²) in [6, 6.07) is 10.4. The van der Waals surface area contributed by atoms with Gasteiger partial charge >= 0.3 is 11.9 Å². The molecule has 0 bridgehead atoms. The Kier molecular flexibility index (Phi) is 5.12. The molecule has 27 heavy (non-hydrogen) atoms. The Morgan fingerprint density at radius 1 is 1.07 bits per heavy atom. The van der Waals surface area contributed by atoms with Gasteiger partial charge in [-0.15, -0.1) is 0 Å². The van der Waals surface area contributed by atoms with E-state index in [2.05, 4.69) is 9.97 Å². The fourth-order valence-electron chi connectivity index (χ4n) is 3.25. The number of aromatic nitrogens is 2. The van der Waals surface area contributed by atoms with E-state index in [1.807, 2.05) is 13.8 Å². The van der Waals surface area contributed by atoms with E-state index in [4.69, 9.17) is 4.74 Å². The highest BCUT2D eigenvalue weighted by atomic mass is 16.5. The van der Waals surface area contributed by atoms with Gasteiger partial charge in [-0.2, -0.15) is 0 Å². The molecule has 0 saturated carbocycles. The number of benzene rings is 1. The summed E-state index contributed by atoms with van der Waals surface area (Å²) in [5, 5.41) is 19.8. The Morgan fingerprint density at radius 2 is 1.74 bits per heavy atom. The van der Waals surface area contributed by atoms with Crippen molar-refractivity contribution in [3.8, 4) is 5.75 Å². The molecule has 1 atom stereocenters. The van der Waals surface area contributed by atoms with Crippen LogP contribution in [0.5, 0.6) is 5.75 Å². The molecular weight excluding hydrogens is 348 g/mol. The minimum absolute atomic E-state index is 0.108. The van der Waals surface area contributed by atoms with Crippen molar-refractivity contribution in [2.45, 2.75) is 25.9 Å². The number of aliphatic carboxylic acids is 2. The highest BCUT2D eigenvalue weighted by Crippen LogP contribution is 2.40. The lowest BCUT2D eigenvalue weighted by molar-refractivity contribution is -0.155. The highest BCUT2D eigenvalue weighted by Gasteiger charge is 2.38. The number of carboxylic acid groups (broad SMARTS) is 2. The molecule has 0 aliphatic rings. The number of nitrogens with zero attached hydrogens (tertiary/aromatic N) is 1. The van der Waals surface area contributed by atoms with Gasteiger partial charge in [-0.3, -0.25) is 9.59 Å². The Balaban J connectivity index is 2.27. The van der Waals surface area contributed by atoms with E-state index in [0.29, 0.717) is 27.9 Å². The average molecular weight is 368 g/mol. The van der Waals surface area contributed by atoms with Crippen LogP contribution in [0.1, 0.15) is 30.9 Å². The molecule has 1 unspecified atom stereocenters. The molecule has 3 N–H and O–H groups in total. The second-order valence-corrected chi connectivity index (χ2v) is 6.49. The van der Waals surface area contributed by atoms with E-state index in [1.54, 1.807) is 48.8 Å². The zero-order valence-corrected chi connectivity index (χ0v) is 14.9. The third kappa shape index (κ3) is 3.62. The van der Waals surface area contributed by atoms with Crippen molar-refractivity contribution in [3.05, 3.63) is 59.9 Å². The number of pyridine rings is 1. The van der Waals surface area contributed by atoms with E-state index in [0.717, 1.165) is 0 Å². The number of carbonyl (C=O) groups is 2. The zero-order valence-electron chi connectivity index (χ0n) is 14.9. The highest BCUT2D eigenvalue weighted by molar-refractivity contribution is 5.96. The lowest BCUT2D eigenvalue weighted by atomic mass is 9.80. The van der Waals surface area contributed by atoms with Crippen LogP contribution in [-0.4, -0.2) is 38.2 Å². The summed E-state index contributed by atoms with van der Waals surface area (Å²) in [5.74, 6) is -4.84. The van der Waals surface area contributed by atoms with Crippen LogP contribution in [0, 0.1) is 5.92 Å². The Labute approximate surface area is 155 Å². The standard InChI is InChI=1S/C20H20N2O5/c1-11(2)27-14-8-9-21-18-16(14)13(10-22-18)15(12-6-4-3-5-7-12)17(19(23)24)20(25)26/h3-11,15,17H,1-2H3,(H,21,22)(H,23,24)(H,25,26). The van der Waals surface area contributed by atoms with Crippen molar-refractivity contribution in [2.24, 2.45) is 5.92 Å². The van der Waals surface area contributed by atoms with E-state index < -0.39 is 23.8 Å². The molecule has 7 nitrogen and oxygen atoms in total. The molecule has 2 aromatic heterocycles. The zero-order chi connectivity index (χ0) is 19.6. The van der Waals surface area contributed by atoms with Crippen molar-refractivity contribution in [1.82, 2.24) is 9.97 Å². The lowest BCUT2D eigenvalue weighted by Crippen LogP contribution is -2.30. The van der Waals surface area contributed by atoms with Crippen LogP contribution in [0.4, 0.5) is 0 Å². The lowest BCUT2D eigenvalue weighted by Gasteiger charge is -2.22. The van der Waals surface area contributed by atoms with Crippen molar-refractivity contribution in [3.63, 3.8) is 0 Å². The number of aromatic amines is 1. The van der Waals surface area contributed by atoms with Crippen LogP contribution >= 0.6 is 0 Å².